The Morgan fingerprint density at radius 3 is 2.43 bits per heavy atom. The van der Waals surface area contributed by atoms with Gasteiger partial charge in [-0.25, -0.2) is 0 Å². The van der Waals surface area contributed by atoms with E-state index in [9.17, 15) is 0 Å². The average molecular weight is 207 g/mol. The van der Waals surface area contributed by atoms with Gasteiger partial charge in [0.15, 0.2) is 0 Å². The molecule has 2 unspecified atom stereocenters. The van der Waals surface area contributed by atoms with Gasteiger partial charge in [-0.1, -0.05) is 39.7 Å². The Balaban J connectivity index is 2.17. The molecule has 0 aliphatic carbocycles. The molecule has 76 valence electrons. The minimum Gasteiger partial charge on any atom is -0.281 e. The van der Waals surface area contributed by atoms with Crippen LogP contribution in [0.15, 0.2) is 30.3 Å². The lowest BCUT2D eigenvalue weighted by atomic mass is 9.91. The van der Waals surface area contributed by atoms with Crippen molar-refractivity contribution in [3.63, 3.8) is 0 Å². The van der Waals surface area contributed by atoms with Crippen LogP contribution in [0.1, 0.15) is 31.7 Å². The zero-order chi connectivity index (χ0) is 10.2. The molecule has 1 heterocycles. The minimum atomic E-state index is 0.325. The third-order valence-corrected chi connectivity index (χ3v) is 4.12. The van der Waals surface area contributed by atoms with E-state index in [4.69, 9.17) is 0 Å². The first kappa shape index (κ1) is 10.1. The standard InChI is InChI=1S/C12H18NP/c1-12(2)8-11(9-13(12)14)10-6-4-3-5-7-10/h3-7,11H,8-9,14H2,1-2H3. The molecule has 0 amide bonds. The Bertz CT molecular complexity index is 307. The number of nitrogens with zero attached hydrogens (tertiary/aromatic N) is 1. The van der Waals surface area contributed by atoms with Crippen LogP contribution in [-0.2, 0) is 0 Å². The van der Waals surface area contributed by atoms with E-state index in [-0.39, 0.29) is 0 Å². The first-order chi connectivity index (χ1) is 6.59. The highest BCUT2D eigenvalue weighted by Gasteiger charge is 2.36. The van der Waals surface area contributed by atoms with Crippen molar-refractivity contribution in [2.24, 2.45) is 0 Å². The van der Waals surface area contributed by atoms with Crippen LogP contribution in [0.5, 0.6) is 0 Å². The van der Waals surface area contributed by atoms with Gasteiger partial charge < -0.3 is 0 Å². The van der Waals surface area contributed by atoms with Crippen molar-refractivity contribution in [1.82, 2.24) is 4.67 Å². The second-order valence-electron chi connectivity index (χ2n) is 4.78. The summed E-state index contributed by atoms with van der Waals surface area (Å²) in [4.78, 5) is 0. The summed E-state index contributed by atoms with van der Waals surface area (Å²) in [6.45, 7) is 5.77. The molecule has 0 spiro atoms. The van der Waals surface area contributed by atoms with Gasteiger partial charge in [0, 0.05) is 12.1 Å². The lowest BCUT2D eigenvalue weighted by Crippen LogP contribution is -2.29. The lowest BCUT2D eigenvalue weighted by Gasteiger charge is -2.26. The number of rotatable bonds is 1. The molecule has 1 fully saturated rings. The smallest absolute Gasteiger partial charge is 0.0191 e. The fourth-order valence-corrected chi connectivity index (χ4v) is 2.58. The minimum absolute atomic E-state index is 0.325. The number of hydrogen-bond acceptors (Lipinski definition) is 1. The molecule has 0 radical (unpaired) electrons. The molecule has 1 aromatic carbocycles. The topological polar surface area (TPSA) is 3.24 Å². The predicted molar refractivity (Wildman–Crippen MR) is 64.3 cm³/mol. The van der Waals surface area contributed by atoms with Crippen LogP contribution in [0.4, 0.5) is 0 Å². The van der Waals surface area contributed by atoms with Crippen LogP contribution >= 0.6 is 9.39 Å². The highest BCUT2D eigenvalue weighted by molar-refractivity contribution is 7.13. The third-order valence-electron chi connectivity index (χ3n) is 3.21. The Kier molecular flexibility index (Phi) is 2.64. The lowest BCUT2D eigenvalue weighted by molar-refractivity contribution is 0.318. The van der Waals surface area contributed by atoms with Gasteiger partial charge in [0.05, 0.1) is 0 Å². The maximum atomic E-state index is 2.85. The van der Waals surface area contributed by atoms with E-state index >= 15 is 0 Å². The normalized spacial score (nSPS) is 26.6. The van der Waals surface area contributed by atoms with Crippen molar-refractivity contribution in [1.29, 1.82) is 0 Å². The van der Waals surface area contributed by atoms with Gasteiger partial charge in [0.1, 0.15) is 0 Å². The number of hydrogen-bond donors (Lipinski definition) is 0. The van der Waals surface area contributed by atoms with Crippen molar-refractivity contribution in [2.45, 2.75) is 31.7 Å². The molecule has 0 N–H and O–H groups in total. The van der Waals surface area contributed by atoms with E-state index in [1.807, 2.05) is 0 Å². The van der Waals surface area contributed by atoms with Gasteiger partial charge in [-0.2, -0.15) is 0 Å². The number of benzene rings is 1. The van der Waals surface area contributed by atoms with Gasteiger partial charge in [-0.05, 0) is 31.7 Å². The summed E-state index contributed by atoms with van der Waals surface area (Å²) in [5, 5.41) is 0. The summed E-state index contributed by atoms with van der Waals surface area (Å²) < 4.78 is 2.38. The van der Waals surface area contributed by atoms with Gasteiger partial charge in [-0.15, -0.1) is 0 Å². The van der Waals surface area contributed by atoms with E-state index in [2.05, 4.69) is 58.2 Å². The van der Waals surface area contributed by atoms with E-state index in [0.29, 0.717) is 11.5 Å². The van der Waals surface area contributed by atoms with Crippen LogP contribution in [0, 0.1) is 0 Å². The summed E-state index contributed by atoms with van der Waals surface area (Å²) in [5.74, 6) is 0.698. The molecule has 1 nitrogen and oxygen atoms in total. The van der Waals surface area contributed by atoms with Crippen molar-refractivity contribution in [3.05, 3.63) is 35.9 Å². The van der Waals surface area contributed by atoms with Gasteiger partial charge >= 0.3 is 0 Å². The van der Waals surface area contributed by atoms with E-state index in [1.54, 1.807) is 0 Å². The van der Waals surface area contributed by atoms with Crippen LogP contribution in [0.2, 0.25) is 0 Å². The molecule has 2 rings (SSSR count). The molecule has 0 aromatic heterocycles. The van der Waals surface area contributed by atoms with Crippen LogP contribution in [0.3, 0.4) is 0 Å². The zero-order valence-corrected chi connectivity index (χ0v) is 10.1. The molecule has 1 aliphatic heterocycles. The third kappa shape index (κ3) is 1.85. The highest BCUT2D eigenvalue weighted by atomic mass is 31.0. The van der Waals surface area contributed by atoms with E-state index in [1.165, 1.54) is 12.0 Å². The summed E-state index contributed by atoms with van der Waals surface area (Å²) in [7, 11) is 2.85. The van der Waals surface area contributed by atoms with Crippen molar-refractivity contribution >= 4 is 9.39 Å². The summed E-state index contributed by atoms with van der Waals surface area (Å²) in [6.07, 6.45) is 1.25. The largest absolute Gasteiger partial charge is 0.281 e. The molecule has 1 saturated heterocycles. The fourth-order valence-electron chi connectivity index (χ4n) is 2.22. The van der Waals surface area contributed by atoms with Crippen molar-refractivity contribution in [2.75, 3.05) is 6.54 Å². The highest BCUT2D eigenvalue weighted by Crippen LogP contribution is 2.40. The molecule has 14 heavy (non-hydrogen) atoms. The molecule has 0 bridgehead atoms. The SMILES string of the molecule is CC1(C)CC(c2ccccc2)CN1P. The quantitative estimate of drug-likeness (QED) is 0.640. The average Bonchev–Trinajstić information content (AvgIpc) is 2.43. The second-order valence-corrected chi connectivity index (χ2v) is 5.40. The predicted octanol–water partition coefficient (Wildman–Crippen LogP) is 3.04. The Hall–Kier alpha value is -0.390. The Morgan fingerprint density at radius 1 is 1.29 bits per heavy atom. The Morgan fingerprint density at radius 2 is 1.93 bits per heavy atom. The molecule has 0 saturated carbocycles. The van der Waals surface area contributed by atoms with E-state index in [0.717, 1.165) is 6.54 Å². The van der Waals surface area contributed by atoms with E-state index < -0.39 is 0 Å². The second kappa shape index (κ2) is 3.64. The van der Waals surface area contributed by atoms with Crippen molar-refractivity contribution in [3.8, 4) is 0 Å². The first-order valence-corrected chi connectivity index (χ1v) is 5.68. The maximum Gasteiger partial charge on any atom is 0.0191 e. The summed E-state index contributed by atoms with van der Waals surface area (Å²) >= 11 is 0. The van der Waals surface area contributed by atoms with Gasteiger partial charge in [0.25, 0.3) is 0 Å². The van der Waals surface area contributed by atoms with Crippen LogP contribution in [-0.4, -0.2) is 16.8 Å². The zero-order valence-electron chi connectivity index (χ0n) is 8.90. The first-order valence-electron chi connectivity index (χ1n) is 5.17. The molecule has 2 heteroatoms. The van der Waals surface area contributed by atoms with Gasteiger partial charge in [0.2, 0.25) is 0 Å². The summed E-state index contributed by atoms with van der Waals surface area (Å²) in [6, 6.07) is 10.8. The van der Waals surface area contributed by atoms with Crippen molar-refractivity contribution < 1.29 is 0 Å². The Labute approximate surface area is 88.8 Å². The van der Waals surface area contributed by atoms with Gasteiger partial charge in [-0.3, -0.25) is 4.67 Å². The molecular weight excluding hydrogens is 189 g/mol. The monoisotopic (exact) mass is 207 g/mol. The molecular formula is C12H18NP. The fraction of sp³-hybridized carbons (Fsp3) is 0.500. The maximum absolute atomic E-state index is 2.85. The van der Waals surface area contributed by atoms with Crippen LogP contribution in [0.25, 0.3) is 0 Å². The molecule has 2 atom stereocenters. The summed E-state index contributed by atoms with van der Waals surface area (Å²) in [5.41, 5.74) is 1.80. The molecule has 1 aromatic rings. The molecule has 1 aliphatic rings. The van der Waals surface area contributed by atoms with Crippen LogP contribution < -0.4 is 0 Å².